The van der Waals surface area contributed by atoms with E-state index in [4.69, 9.17) is 5.73 Å². The van der Waals surface area contributed by atoms with E-state index in [0.29, 0.717) is 18.4 Å². The Labute approximate surface area is 101 Å². The molecule has 92 valence electrons. The van der Waals surface area contributed by atoms with Gasteiger partial charge in [-0.3, -0.25) is 5.10 Å². The van der Waals surface area contributed by atoms with Gasteiger partial charge in [0.15, 0.2) is 0 Å². The first kappa shape index (κ1) is 11.9. The predicted octanol–water partition coefficient (Wildman–Crippen LogP) is 1.35. The van der Waals surface area contributed by atoms with Crippen molar-refractivity contribution in [3.8, 4) is 0 Å². The van der Waals surface area contributed by atoms with Crippen molar-refractivity contribution >= 4 is 0 Å². The van der Waals surface area contributed by atoms with Gasteiger partial charge in [0.05, 0.1) is 19.1 Å². The Morgan fingerprint density at radius 3 is 2.82 bits per heavy atom. The summed E-state index contributed by atoms with van der Waals surface area (Å²) in [5, 5.41) is 6.77. The summed E-state index contributed by atoms with van der Waals surface area (Å²) in [6.45, 7) is 5.81. The third kappa shape index (κ3) is 2.55. The molecule has 1 atom stereocenters. The molecule has 0 fully saturated rings. The number of rotatable bonds is 5. The van der Waals surface area contributed by atoms with Crippen LogP contribution in [-0.2, 0) is 6.54 Å². The van der Waals surface area contributed by atoms with Gasteiger partial charge in [-0.05, 0) is 5.92 Å². The summed E-state index contributed by atoms with van der Waals surface area (Å²) >= 11 is 0. The van der Waals surface area contributed by atoms with E-state index in [1.54, 1.807) is 0 Å². The van der Waals surface area contributed by atoms with Gasteiger partial charge in [0.2, 0.25) is 0 Å². The van der Waals surface area contributed by atoms with Gasteiger partial charge in [0, 0.05) is 36.1 Å². The summed E-state index contributed by atoms with van der Waals surface area (Å²) in [6, 6.07) is 0. The fraction of sp³-hybridized carbons (Fsp3) is 0.500. The zero-order valence-corrected chi connectivity index (χ0v) is 10.3. The van der Waals surface area contributed by atoms with Gasteiger partial charge in [-0.25, -0.2) is 4.98 Å². The highest BCUT2D eigenvalue weighted by atomic mass is 15.1. The summed E-state index contributed by atoms with van der Waals surface area (Å²) in [5.74, 6) is 0.865. The van der Waals surface area contributed by atoms with E-state index in [-0.39, 0.29) is 0 Å². The van der Waals surface area contributed by atoms with Crippen molar-refractivity contribution in [2.75, 3.05) is 6.54 Å². The normalized spacial score (nSPS) is 13.2. The van der Waals surface area contributed by atoms with Crippen molar-refractivity contribution < 1.29 is 0 Å². The number of H-pyrrole nitrogens is 1. The topological polar surface area (TPSA) is 72.5 Å². The Morgan fingerprint density at radius 2 is 2.24 bits per heavy atom. The van der Waals surface area contributed by atoms with Gasteiger partial charge in [0.1, 0.15) is 0 Å². The van der Waals surface area contributed by atoms with E-state index in [2.05, 4.69) is 33.6 Å². The van der Waals surface area contributed by atoms with Gasteiger partial charge in [-0.15, -0.1) is 0 Å². The highest BCUT2D eigenvalue weighted by molar-refractivity contribution is 5.12. The molecule has 2 aromatic heterocycles. The fourth-order valence-corrected chi connectivity index (χ4v) is 2.07. The second kappa shape index (κ2) is 5.14. The molecule has 0 radical (unpaired) electrons. The average Bonchev–Trinajstić information content (AvgIpc) is 2.92. The standard InChI is InChI=1S/C12H19N5/c1-9(2)11(3-13)12-6-14-8-17(12)7-10-4-15-16-5-10/h4-6,8-9,11H,3,7,13H2,1-2H3,(H,15,16). The van der Waals surface area contributed by atoms with E-state index in [0.717, 1.165) is 12.1 Å². The van der Waals surface area contributed by atoms with Crippen molar-refractivity contribution in [2.45, 2.75) is 26.3 Å². The highest BCUT2D eigenvalue weighted by Gasteiger charge is 2.18. The van der Waals surface area contributed by atoms with Crippen LogP contribution >= 0.6 is 0 Å². The molecule has 5 nitrogen and oxygen atoms in total. The maximum Gasteiger partial charge on any atom is 0.0951 e. The fourth-order valence-electron chi connectivity index (χ4n) is 2.07. The molecular weight excluding hydrogens is 214 g/mol. The lowest BCUT2D eigenvalue weighted by molar-refractivity contribution is 0.478. The van der Waals surface area contributed by atoms with Crippen LogP contribution in [-0.4, -0.2) is 26.3 Å². The molecule has 2 aromatic rings. The smallest absolute Gasteiger partial charge is 0.0951 e. The van der Waals surface area contributed by atoms with Gasteiger partial charge in [0.25, 0.3) is 0 Å². The number of aromatic amines is 1. The molecule has 1 unspecified atom stereocenters. The Kier molecular flexibility index (Phi) is 3.58. The van der Waals surface area contributed by atoms with Crippen LogP contribution in [0, 0.1) is 5.92 Å². The summed E-state index contributed by atoms with van der Waals surface area (Å²) in [6.07, 6.45) is 7.50. The molecule has 0 bridgehead atoms. The van der Waals surface area contributed by atoms with Gasteiger partial charge < -0.3 is 10.3 Å². The van der Waals surface area contributed by atoms with Crippen molar-refractivity contribution in [3.63, 3.8) is 0 Å². The zero-order chi connectivity index (χ0) is 12.3. The van der Waals surface area contributed by atoms with Crippen LogP contribution in [0.5, 0.6) is 0 Å². The Morgan fingerprint density at radius 1 is 1.41 bits per heavy atom. The monoisotopic (exact) mass is 233 g/mol. The predicted molar refractivity (Wildman–Crippen MR) is 66.6 cm³/mol. The van der Waals surface area contributed by atoms with Gasteiger partial charge >= 0.3 is 0 Å². The first-order chi connectivity index (χ1) is 8.22. The summed E-state index contributed by atoms with van der Waals surface area (Å²) in [4.78, 5) is 4.23. The lowest BCUT2D eigenvalue weighted by Gasteiger charge is -2.20. The molecule has 0 aliphatic heterocycles. The van der Waals surface area contributed by atoms with Crippen LogP contribution in [0.15, 0.2) is 24.9 Å². The number of nitrogens with one attached hydrogen (secondary N) is 1. The molecule has 0 spiro atoms. The van der Waals surface area contributed by atoms with Crippen molar-refractivity contribution in [2.24, 2.45) is 11.7 Å². The molecule has 5 heteroatoms. The molecule has 2 heterocycles. The van der Waals surface area contributed by atoms with Crippen LogP contribution in [0.4, 0.5) is 0 Å². The SMILES string of the molecule is CC(C)C(CN)c1cncn1Cc1cn[nH]c1. The second-order valence-electron chi connectivity index (χ2n) is 4.64. The summed E-state index contributed by atoms with van der Waals surface area (Å²) in [7, 11) is 0. The van der Waals surface area contributed by atoms with Crippen LogP contribution < -0.4 is 5.73 Å². The highest BCUT2D eigenvalue weighted by Crippen LogP contribution is 2.23. The maximum atomic E-state index is 5.85. The molecule has 0 amide bonds. The third-order valence-corrected chi connectivity index (χ3v) is 3.09. The average molecular weight is 233 g/mol. The molecule has 0 aromatic carbocycles. The Bertz CT molecular complexity index is 443. The number of nitrogens with zero attached hydrogens (tertiary/aromatic N) is 3. The summed E-state index contributed by atoms with van der Waals surface area (Å²) < 4.78 is 2.14. The van der Waals surface area contributed by atoms with Crippen LogP contribution in [0.1, 0.15) is 31.0 Å². The lowest BCUT2D eigenvalue weighted by atomic mass is 9.93. The largest absolute Gasteiger partial charge is 0.330 e. The Balaban J connectivity index is 2.21. The van der Waals surface area contributed by atoms with Gasteiger partial charge in [-0.2, -0.15) is 5.10 Å². The maximum absolute atomic E-state index is 5.85. The van der Waals surface area contributed by atoms with E-state index >= 15 is 0 Å². The molecule has 0 aliphatic rings. The number of aromatic nitrogens is 4. The van der Waals surface area contributed by atoms with Crippen LogP contribution in [0.3, 0.4) is 0 Å². The zero-order valence-electron chi connectivity index (χ0n) is 10.3. The number of hydrogen-bond donors (Lipinski definition) is 2. The molecular formula is C12H19N5. The minimum absolute atomic E-state index is 0.351. The van der Waals surface area contributed by atoms with Crippen LogP contribution in [0.2, 0.25) is 0 Å². The molecule has 0 saturated carbocycles. The number of imidazole rings is 1. The molecule has 0 saturated heterocycles. The molecule has 0 aliphatic carbocycles. The van der Waals surface area contributed by atoms with Gasteiger partial charge in [-0.1, -0.05) is 13.8 Å². The van der Waals surface area contributed by atoms with E-state index in [1.165, 1.54) is 5.69 Å². The second-order valence-corrected chi connectivity index (χ2v) is 4.64. The lowest BCUT2D eigenvalue weighted by Crippen LogP contribution is -2.21. The molecule has 17 heavy (non-hydrogen) atoms. The van der Waals surface area contributed by atoms with E-state index in [9.17, 15) is 0 Å². The van der Waals surface area contributed by atoms with E-state index < -0.39 is 0 Å². The number of hydrogen-bond acceptors (Lipinski definition) is 3. The summed E-state index contributed by atoms with van der Waals surface area (Å²) in [5.41, 5.74) is 8.19. The van der Waals surface area contributed by atoms with E-state index in [1.807, 2.05) is 24.9 Å². The first-order valence-electron chi connectivity index (χ1n) is 5.90. The van der Waals surface area contributed by atoms with Crippen molar-refractivity contribution in [1.29, 1.82) is 0 Å². The number of nitrogens with two attached hydrogens (primary N) is 1. The van der Waals surface area contributed by atoms with Crippen LogP contribution in [0.25, 0.3) is 0 Å². The first-order valence-corrected chi connectivity index (χ1v) is 5.90. The third-order valence-electron chi connectivity index (χ3n) is 3.09. The minimum Gasteiger partial charge on any atom is -0.330 e. The molecule has 2 rings (SSSR count). The Hall–Kier alpha value is -1.62. The molecule has 3 N–H and O–H groups in total. The van der Waals surface area contributed by atoms with Crippen molar-refractivity contribution in [3.05, 3.63) is 36.2 Å². The van der Waals surface area contributed by atoms with Crippen molar-refractivity contribution in [1.82, 2.24) is 19.7 Å². The minimum atomic E-state index is 0.351. The quantitative estimate of drug-likeness (QED) is 0.818.